The van der Waals surface area contributed by atoms with Gasteiger partial charge < -0.3 is 23.4 Å². The quantitative estimate of drug-likeness (QED) is 0.614. The first-order valence-electron chi connectivity index (χ1n) is 5.66. The highest BCUT2D eigenvalue weighted by atomic mass is 28.4. The predicted molar refractivity (Wildman–Crippen MR) is 61.3 cm³/mol. The lowest BCUT2D eigenvalue weighted by atomic mass is 10.4. The Balaban J connectivity index is 2.22. The standard InChI is InChI=1S/C10H22O5Si/c1-16(2)6-4-3-5-11-7-12-8-13-9-14-10-15-16/h3-10H2,1-2H3. The minimum Gasteiger partial charge on any atom is -0.395 e. The van der Waals surface area contributed by atoms with Gasteiger partial charge in [0, 0.05) is 6.61 Å². The Hall–Kier alpha value is 0.0169. The maximum Gasteiger partial charge on any atom is 0.189 e. The second kappa shape index (κ2) is 8.16. The summed E-state index contributed by atoms with van der Waals surface area (Å²) < 4.78 is 26.3. The summed E-state index contributed by atoms with van der Waals surface area (Å²) in [4.78, 5) is 0. The molecule has 0 aromatic rings. The molecule has 0 saturated carbocycles. The molecule has 16 heavy (non-hydrogen) atoms. The first-order chi connectivity index (χ1) is 7.71. The minimum atomic E-state index is -1.56. The van der Waals surface area contributed by atoms with Gasteiger partial charge in [0.25, 0.3) is 0 Å². The lowest BCUT2D eigenvalue weighted by Gasteiger charge is -2.22. The summed E-state index contributed by atoms with van der Waals surface area (Å²) in [5, 5.41) is 0. The van der Waals surface area contributed by atoms with Crippen LogP contribution in [-0.2, 0) is 23.4 Å². The Morgan fingerprint density at radius 2 is 1.38 bits per heavy atom. The van der Waals surface area contributed by atoms with E-state index in [1.807, 2.05) is 0 Å². The zero-order chi connectivity index (χ0) is 11.7. The van der Waals surface area contributed by atoms with Gasteiger partial charge in [0.2, 0.25) is 0 Å². The maximum absolute atomic E-state index is 5.73. The number of rotatable bonds is 0. The van der Waals surface area contributed by atoms with E-state index < -0.39 is 8.32 Å². The monoisotopic (exact) mass is 250 g/mol. The van der Waals surface area contributed by atoms with Crippen LogP contribution in [0, 0.1) is 0 Å². The van der Waals surface area contributed by atoms with Gasteiger partial charge >= 0.3 is 0 Å². The zero-order valence-corrected chi connectivity index (χ0v) is 11.2. The fraction of sp³-hybridized carbons (Fsp3) is 1.00. The van der Waals surface area contributed by atoms with Crippen LogP contribution in [0.4, 0.5) is 0 Å². The fourth-order valence-electron chi connectivity index (χ4n) is 1.37. The fourth-order valence-corrected chi connectivity index (χ4v) is 3.01. The van der Waals surface area contributed by atoms with E-state index in [9.17, 15) is 0 Å². The van der Waals surface area contributed by atoms with Crippen molar-refractivity contribution in [2.75, 3.05) is 33.8 Å². The highest BCUT2D eigenvalue weighted by molar-refractivity contribution is 6.71. The van der Waals surface area contributed by atoms with Crippen LogP contribution >= 0.6 is 0 Å². The Bertz CT molecular complexity index is 161. The molecule has 0 spiro atoms. The molecule has 1 heterocycles. The van der Waals surface area contributed by atoms with Crippen molar-refractivity contribution in [2.45, 2.75) is 32.0 Å². The van der Waals surface area contributed by atoms with Crippen LogP contribution in [0.1, 0.15) is 12.8 Å². The molecule has 1 fully saturated rings. The van der Waals surface area contributed by atoms with Gasteiger partial charge in [0.15, 0.2) is 21.9 Å². The van der Waals surface area contributed by atoms with Crippen LogP contribution < -0.4 is 0 Å². The normalized spacial score (nSPS) is 25.9. The van der Waals surface area contributed by atoms with E-state index in [0.29, 0.717) is 6.79 Å². The lowest BCUT2D eigenvalue weighted by Crippen LogP contribution is -2.31. The molecule has 1 saturated heterocycles. The average molecular weight is 250 g/mol. The molecule has 0 aliphatic carbocycles. The molecular formula is C10H22O5Si. The maximum atomic E-state index is 5.73. The van der Waals surface area contributed by atoms with E-state index in [1.54, 1.807) is 0 Å². The topological polar surface area (TPSA) is 46.2 Å². The summed E-state index contributed by atoms with van der Waals surface area (Å²) in [6.45, 7) is 6.14. The summed E-state index contributed by atoms with van der Waals surface area (Å²) in [6.07, 6.45) is 2.18. The van der Waals surface area contributed by atoms with Gasteiger partial charge in [-0.25, -0.2) is 0 Å². The van der Waals surface area contributed by atoms with Crippen LogP contribution in [0.25, 0.3) is 0 Å². The van der Waals surface area contributed by atoms with Gasteiger partial charge in [-0.15, -0.1) is 0 Å². The number of hydrogen-bond acceptors (Lipinski definition) is 5. The third-order valence-corrected chi connectivity index (χ3v) is 4.81. The van der Waals surface area contributed by atoms with E-state index in [0.717, 1.165) is 25.5 Å². The second-order valence-electron chi connectivity index (χ2n) is 4.35. The van der Waals surface area contributed by atoms with Crippen LogP contribution in [-0.4, -0.2) is 42.1 Å². The zero-order valence-electron chi connectivity index (χ0n) is 10.2. The van der Waals surface area contributed by atoms with Crippen LogP contribution in [0.3, 0.4) is 0 Å². The molecule has 0 aromatic carbocycles. The van der Waals surface area contributed by atoms with Crippen molar-refractivity contribution < 1.29 is 23.4 Å². The molecule has 96 valence electrons. The Kier molecular flexibility index (Phi) is 7.18. The van der Waals surface area contributed by atoms with Crippen LogP contribution in [0.15, 0.2) is 0 Å². The molecule has 5 nitrogen and oxygen atoms in total. The molecule has 1 aliphatic rings. The molecule has 6 heteroatoms. The van der Waals surface area contributed by atoms with E-state index in [1.165, 1.54) is 0 Å². The molecule has 0 amide bonds. The van der Waals surface area contributed by atoms with Gasteiger partial charge in [-0.2, -0.15) is 0 Å². The number of hydrogen-bond donors (Lipinski definition) is 0. The molecule has 1 aliphatic heterocycles. The summed E-state index contributed by atoms with van der Waals surface area (Å²) >= 11 is 0. The smallest absolute Gasteiger partial charge is 0.189 e. The van der Waals surface area contributed by atoms with Crippen LogP contribution in [0.5, 0.6) is 0 Å². The first kappa shape index (κ1) is 14.1. The largest absolute Gasteiger partial charge is 0.395 e. The van der Waals surface area contributed by atoms with Crippen molar-refractivity contribution in [3.8, 4) is 0 Å². The van der Waals surface area contributed by atoms with Crippen LogP contribution in [0.2, 0.25) is 19.1 Å². The van der Waals surface area contributed by atoms with Gasteiger partial charge in [-0.05, 0) is 25.6 Å². The molecule has 1 rings (SSSR count). The summed E-state index contributed by atoms with van der Waals surface area (Å²) in [5.74, 6) is 0. The molecule has 0 aromatic heterocycles. The van der Waals surface area contributed by atoms with Crippen molar-refractivity contribution in [1.82, 2.24) is 0 Å². The van der Waals surface area contributed by atoms with E-state index in [4.69, 9.17) is 23.4 Å². The van der Waals surface area contributed by atoms with Gasteiger partial charge in [-0.1, -0.05) is 6.42 Å². The Morgan fingerprint density at radius 3 is 2.12 bits per heavy atom. The Morgan fingerprint density at radius 1 is 0.750 bits per heavy atom. The molecule has 0 unspecified atom stereocenters. The summed E-state index contributed by atoms with van der Waals surface area (Å²) in [7, 11) is -1.56. The predicted octanol–water partition coefficient (Wildman–Crippen LogP) is 1.90. The third kappa shape index (κ3) is 7.32. The van der Waals surface area contributed by atoms with Gasteiger partial charge in [0.05, 0.1) is 0 Å². The lowest BCUT2D eigenvalue weighted by molar-refractivity contribution is -0.183. The van der Waals surface area contributed by atoms with Gasteiger partial charge in [0.1, 0.15) is 13.6 Å². The van der Waals surface area contributed by atoms with E-state index >= 15 is 0 Å². The highest BCUT2D eigenvalue weighted by Crippen LogP contribution is 2.15. The highest BCUT2D eigenvalue weighted by Gasteiger charge is 2.21. The summed E-state index contributed by atoms with van der Waals surface area (Å²) in [5.41, 5.74) is 0. The van der Waals surface area contributed by atoms with Gasteiger partial charge in [-0.3, -0.25) is 0 Å². The van der Waals surface area contributed by atoms with Crippen molar-refractivity contribution in [3.63, 3.8) is 0 Å². The average Bonchev–Trinajstić information content (AvgIpc) is 2.24. The molecule has 0 atom stereocenters. The minimum absolute atomic E-state index is 0.195. The second-order valence-corrected chi connectivity index (χ2v) is 8.66. The Labute approximate surface area is 98.1 Å². The van der Waals surface area contributed by atoms with Crippen molar-refractivity contribution in [2.24, 2.45) is 0 Å². The molecule has 0 radical (unpaired) electrons. The van der Waals surface area contributed by atoms with E-state index in [-0.39, 0.29) is 20.4 Å². The third-order valence-electron chi connectivity index (χ3n) is 2.35. The van der Waals surface area contributed by atoms with Crippen molar-refractivity contribution >= 4 is 8.32 Å². The van der Waals surface area contributed by atoms with Crippen molar-refractivity contribution in [1.29, 1.82) is 0 Å². The molecule has 0 bridgehead atoms. The van der Waals surface area contributed by atoms with Crippen molar-refractivity contribution in [3.05, 3.63) is 0 Å². The molecular weight excluding hydrogens is 228 g/mol. The summed E-state index contributed by atoms with van der Waals surface area (Å²) in [6, 6.07) is 1.13. The SMILES string of the molecule is C[Si]1(C)CCCCOCOCOCOCO1. The first-order valence-corrected chi connectivity index (χ1v) is 8.77. The molecule has 0 N–H and O–H groups in total. The van der Waals surface area contributed by atoms with E-state index in [2.05, 4.69) is 13.1 Å². The number of ether oxygens (including phenoxy) is 4.